The van der Waals surface area contributed by atoms with Gasteiger partial charge >= 0.3 is 0 Å². The lowest BCUT2D eigenvalue weighted by Crippen LogP contribution is -2.00. The lowest BCUT2D eigenvalue weighted by atomic mass is 10.1. The third-order valence-corrected chi connectivity index (χ3v) is 3.67. The van der Waals surface area contributed by atoms with Crippen LogP contribution in [-0.4, -0.2) is 26.3 Å². The van der Waals surface area contributed by atoms with E-state index < -0.39 is 0 Å². The third-order valence-electron chi connectivity index (χ3n) is 2.54. The van der Waals surface area contributed by atoms with Gasteiger partial charge in [-0.3, -0.25) is 4.79 Å². The van der Waals surface area contributed by atoms with Crippen LogP contribution in [0.3, 0.4) is 0 Å². The second-order valence-corrected chi connectivity index (χ2v) is 4.97. The maximum atomic E-state index is 11.8. The summed E-state index contributed by atoms with van der Waals surface area (Å²) in [6, 6.07) is 9.42. The van der Waals surface area contributed by atoms with Gasteiger partial charge in [-0.05, 0) is 6.42 Å². The maximum absolute atomic E-state index is 11.8. The maximum Gasteiger partial charge on any atom is 0.185 e. The molecule has 0 atom stereocenters. The highest BCUT2D eigenvalue weighted by atomic mass is 32.2. The van der Waals surface area contributed by atoms with Gasteiger partial charge in [0.2, 0.25) is 0 Å². The van der Waals surface area contributed by atoms with Crippen LogP contribution in [0.1, 0.15) is 23.2 Å². The topological polar surface area (TPSA) is 47.8 Å². The zero-order valence-electron chi connectivity index (χ0n) is 10.2. The molecular weight excluding hydrogens is 246 g/mol. The van der Waals surface area contributed by atoms with Crippen LogP contribution in [0.25, 0.3) is 0 Å². The molecule has 0 saturated heterocycles. The number of Topliss-reactive ketones (excluding diaryl/α,β-unsaturated/α-hetero) is 1. The summed E-state index contributed by atoms with van der Waals surface area (Å²) in [6.07, 6.45) is 2.97. The highest BCUT2D eigenvalue weighted by molar-refractivity contribution is 7.99. The molecule has 0 radical (unpaired) electrons. The summed E-state index contributed by atoms with van der Waals surface area (Å²) < 4.78 is 1.74. The average molecular weight is 261 g/mol. The Bertz CT molecular complexity index is 510. The van der Waals surface area contributed by atoms with Crippen molar-refractivity contribution in [1.29, 1.82) is 0 Å². The second kappa shape index (κ2) is 6.35. The van der Waals surface area contributed by atoms with Crippen LogP contribution in [0.4, 0.5) is 0 Å². The van der Waals surface area contributed by atoms with Gasteiger partial charge < -0.3 is 0 Å². The van der Waals surface area contributed by atoms with Crippen molar-refractivity contribution in [2.75, 3.05) is 5.75 Å². The normalized spacial score (nSPS) is 10.5. The van der Waals surface area contributed by atoms with Crippen LogP contribution in [0.5, 0.6) is 0 Å². The number of nitrogens with zero attached hydrogens (tertiary/aromatic N) is 3. The van der Waals surface area contributed by atoms with E-state index in [0.29, 0.717) is 6.42 Å². The molecule has 0 saturated carbocycles. The molecule has 0 bridgehead atoms. The van der Waals surface area contributed by atoms with Crippen LogP contribution in [0, 0.1) is 0 Å². The van der Waals surface area contributed by atoms with Crippen molar-refractivity contribution in [3.63, 3.8) is 0 Å². The predicted octanol–water partition coefficient (Wildman–Crippen LogP) is 2.57. The zero-order chi connectivity index (χ0) is 12.8. The molecule has 0 unspecified atom stereocenters. The summed E-state index contributed by atoms with van der Waals surface area (Å²) in [5.74, 6) is 1.08. The minimum absolute atomic E-state index is 0.203. The predicted molar refractivity (Wildman–Crippen MR) is 71.7 cm³/mol. The molecule has 0 spiro atoms. The summed E-state index contributed by atoms with van der Waals surface area (Å²) in [5, 5.41) is 4.89. The van der Waals surface area contributed by atoms with Gasteiger partial charge in [-0.15, -0.1) is 0 Å². The van der Waals surface area contributed by atoms with E-state index in [4.69, 9.17) is 0 Å². The summed E-state index contributed by atoms with van der Waals surface area (Å²) in [4.78, 5) is 16.0. The quantitative estimate of drug-likeness (QED) is 0.455. The van der Waals surface area contributed by atoms with E-state index in [-0.39, 0.29) is 5.78 Å². The molecule has 0 amide bonds. The number of hydrogen-bond acceptors (Lipinski definition) is 4. The van der Waals surface area contributed by atoms with Gasteiger partial charge in [-0.1, -0.05) is 42.1 Å². The first-order chi connectivity index (χ1) is 8.77. The molecule has 0 aliphatic rings. The minimum atomic E-state index is 0.203. The number of benzene rings is 1. The fourth-order valence-electron chi connectivity index (χ4n) is 1.58. The van der Waals surface area contributed by atoms with Crippen molar-refractivity contribution >= 4 is 17.5 Å². The smallest absolute Gasteiger partial charge is 0.185 e. The highest BCUT2D eigenvalue weighted by Crippen LogP contribution is 2.16. The van der Waals surface area contributed by atoms with E-state index in [1.807, 2.05) is 37.4 Å². The Morgan fingerprint density at radius 1 is 1.33 bits per heavy atom. The molecule has 0 aliphatic heterocycles. The first-order valence-electron chi connectivity index (χ1n) is 5.82. The molecule has 1 heterocycles. The van der Waals surface area contributed by atoms with Gasteiger partial charge in [0.15, 0.2) is 10.9 Å². The van der Waals surface area contributed by atoms with Gasteiger partial charge in [-0.25, -0.2) is 9.67 Å². The number of thioether (sulfide) groups is 1. The van der Waals surface area contributed by atoms with E-state index in [1.54, 1.807) is 16.4 Å². The van der Waals surface area contributed by atoms with Gasteiger partial charge in [0.1, 0.15) is 6.33 Å². The number of ketones is 1. The van der Waals surface area contributed by atoms with Gasteiger partial charge in [0.05, 0.1) is 0 Å². The molecule has 0 aliphatic carbocycles. The minimum Gasteiger partial charge on any atom is -0.294 e. The molecule has 2 rings (SSSR count). The fraction of sp³-hybridized carbons (Fsp3) is 0.308. The van der Waals surface area contributed by atoms with Gasteiger partial charge in [0, 0.05) is 24.8 Å². The number of aryl methyl sites for hydroxylation is 1. The number of rotatable bonds is 6. The van der Waals surface area contributed by atoms with Crippen LogP contribution >= 0.6 is 11.8 Å². The van der Waals surface area contributed by atoms with Crippen LogP contribution in [0.15, 0.2) is 41.8 Å². The Balaban J connectivity index is 1.73. The van der Waals surface area contributed by atoms with E-state index in [9.17, 15) is 4.79 Å². The van der Waals surface area contributed by atoms with E-state index in [1.165, 1.54) is 6.33 Å². The molecule has 0 fully saturated rings. The van der Waals surface area contributed by atoms with Gasteiger partial charge in [0.25, 0.3) is 0 Å². The Morgan fingerprint density at radius 3 is 2.78 bits per heavy atom. The third kappa shape index (κ3) is 3.43. The van der Waals surface area contributed by atoms with Crippen LogP contribution in [-0.2, 0) is 7.05 Å². The largest absolute Gasteiger partial charge is 0.294 e. The average Bonchev–Trinajstić information content (AvgIpc) is 2.81. The van der Waals surface area contributed by atoms with Gasteiger partial charge in [-0.2, -0.15) is 5.10 Å². The van der Waals surface area contributed by atoms with E-state index in [0.717, 1.165) is 22.9 Å². The molecule has 18 heavy (non-hydrogen) atoms. The first-order valence-corrected chi connectivity index (χ1v) is 6.81. The SMILES string of the molecule is Cn1ncnc1SCCCC(=O)c1ccccc1. The van der Waals surface area contributed by atoms with Crippen molar-refractivity contribution in [1.82, 2.24) is 14.8 Å². The second-order valence-electron chi connectivity index (χ2n) is 3.91. The molecule has 1 aromatic heterocycles. The molecule has 2 aromatic rings. The Hall–Kier alpha value is -1.62. The Labute approximate surface area is 110 Å². The zero-order valence-corrected chi connectivity index (χ0v) is 11.1. The molecule has 4 nitrogen and oxygen atoms in total. The fourth-order valence-corrected chi connectivity index (χ4v) is 2.41. The first kappa shape index (κ1) is 12.8. The number of carbonyl (C=O) groups is 1. The molecular formula is C13H15N3OS. The van der Waals surface area contributed by atoms with Crippen LogP contribution in [0.2, 0.25) is 0 Å². The highest BCUT2D eigenvalue weighted by Gasteiger charge is 2.05. The Morgan fingerprint density at radius 2 is 2.11 bits per heavy atom. The molecule has 0 N–H and O–H groups in total. The summed E-state index contributed by atoms with van der Waals surface area (Å²) in [5.41, 5.74) is 0.793. The van der Waals surface area contributed by atoms with E-state index in [2.05, 4.69) is 10.1 Å². The van der Waals surface area contributed by atoms with E-state index >= 15 is 0 Å². The number of hydrogen-bond donors (Lipinski definition) is 0. The molecule has 1 aromatic carbocycles. The van der Waals surface area contributed by atoms with Crippen LogP contribution < -0.4 is 0 Å². The number of aromatic nitrogens is 3. The number of carbonyl (C=O) groups excluding carboxylic acids is 1. The van der Waals surface area contributed by atoms with Crippen molar-refractivity contribution in [3.05, 3.63) is 42.2 Å². The summed E-state index contributed by atoms with van der Waals surface area (Å²) in [7, 11) is 1.87. The standard InChI is InChI=1S/C13H15N3OS/c1-16-13(14-10-15-16)18-9-5-8-12(17)11-6-3-2-4-7-11/h2-4,6-7,10H,5,8-9H2,1H3. The lowest BCUT2D eigenvalue weighted by Gasteiger charge is -2.01. The summed E-state index contributed by atoms with van der Waals surface area (Å²) in [6.45, 7) is 0. The molecule has 94 valence electrons. The van der Waals surface area contributed by atoms with Crippen molar-refractivity contribution in [3.8, 4) is 0 Å². The van der Waals surface area contributed by atoms with Crippen molar-refractivity contribution in [2.45, 2.75) is 18.0 Å². The Kier molecular flexibility index (Phi) is 4.52. The monoisotopic (exact) mass is 261 g/mol. The lowest BCUT2D eigenvalue weighted by molar-refractivity contribution is 0.0982. The summed E-state index contributed by atoms with van der Waals surface area (Å²) >= 11 is 1.63. The van der Waals surface area contributed by atoms with Crippen molar-refractivity contribution in [2.24, 2.45) is 7.05 Å². The molecule has 5 heteroatoms. The van der Waals surface area contributed by atoms with Crippen molar-refractivity contribution < 1.29 is 4.79 Å².